The zero-order valence-corrected chi connectivity index (χ0v) is 13.6. The van der Waals surface area contributed by atoms with Crippen LogP contribution in [-0.4, -0.2) is 45.6 Å². The van der Waals surface area contributed by atoms with Crippen LogP contribution in [0.1, 0.15) is 10.4 Å². The first-order valence-corrected chi connectivity index (χ1v) is 8.42. The first-order chi connectivity index (χ1) is 8.70. The van der Waals surface area contributed by atoms with Crippen LogP contribution in [0.25, 0.3) is 0 Å². The van der Waals surface area contributed by atoms with E-state index < -0.39 is 10.0 Å². The van der Waals surface area contributed by atoms with Crippen molar-refractivity contribution >= 4 is 43.5 Å². The minimum Gasteiger partial charge on any atom is -0.340 e. The molecular formula is C11H14BrClN2O3S. The third-order valence-electron chi connectivity index (χ3n) is 2.32. The van der Waals surface area contributed by atoms with Gasteiger partial charge in [-0.2, -0.15) is 0 Å². The number of hydrogen-bond donors (Lipinski definition) is 1. The number of sulfonamides is 1. The molecule has 0 aromatic heterocycles. The molecule has 0 spiro atoms. The van der Waals surface area contributed by atoms with E-state index in [9.17, 15) is 13.2 Å². The average molecular weight is 370 g/mol. The lowest BCUT2D eigenvalue weighted by atomic mass is 10.2. The van der Waals surface area contributed by atoms with Crippen molar-refractivity contribution in [2.45, 2.75) is 0 Å². The van der Waals surface area contributed by atoms with Gasteiger partial charge in [-0.1, -0.05) is 27.5 Å². The highest BCUT2D eigenvalue weighted by atomic mass is 79.9. The summed E-state index contributed by atoms with van der Waals surface area (Å²) in [5.41, 5.74) is 0.373. The van der Waals surface area contributed by atoms with Gasteiger partial charge in [0.1, 0.15) is 0 Å². The zero-order chi connectivity index (χ0) is 14.6. The number of nitrogens with zero attached hydrogens (tertiary/aromatic N) is 1. The minimum absolute atomic E-state index is 0.159. The van der Waals surface area contributed by atoms with Crippen LogP contribution in [0.4, 0.5) is 0 Å². The Bertz CT molecular complexity index is 577. The standard InChI is InChI=1S/C11H14BrClN2O3S/c1-15(6-5-14-19(2,17)18)11(16)9-7-8(12)3-4-10(9)13/h3-4,7,14H,5-6H2,1-2H3. The Kier molecular flexibility index (Phi) is 5.79. The van der Waals surface area contributed by atoms with Gasteiger partial charge in [0.25, 0.3) is 5.91 Å². The largest absolute Gasteiger partial charge is 0.340 e. The molecule has 1 rings (SSSR count). The lowest BCUT2D eigenvalue weighted by Crippen LogP contribution is -2.35. The number of benzene rings is 1. The molecular weight excluding hydrogens is 356 g/mol. The number of carbonyl (C=O) groups excluding carboxylic acids is 1. The third kappa shape index (κ3) is 5.48. The lowest BCUT2D eigenvalue weighted by Gasteiger charge is -2.18. The molecule has 0 saturated carbocycles. The van der Waals surface area contributed by atoms with Gasteiger partial charge in [0.15, 0.2) is 0 Å². The van der Waals surface area contributed by atoms with E-state index in [-0.39, 0.29) is 19.0 Å². The maximum absolute atomic E-state index is 12.1. The van der Waals surface area contributed by atoms with E-state index in [0.717, 1.165) is 10.7 Å². The van der Waals surface area contributed by atoms with Gasteiger partial charge in [0.2, 0.25) is 10.0 Å². The van der Waals surface area contributed by atoms with Crippen molar-refractivity contribution in [3.63, 3.8) is 0 Å². The van der Waals surface area contributed by atoms with Gasteiger partial charge in [-0.15, -0.1) is 0 Å². The van der Waals surface area contributed by atoms with Crippen molar-refractivity contribution in [1.29, 1.82) is 0 Å². The predicted molar refractivity (Wildman–Crippen MR) is 79.0 cm³/mol. The monoisotopic (exact) mass is 368 g/mol. The number of rotatable bonds is 5. The number of hydrogen-bond acceptors (Lipinski definition) is 3. The number of nitrogens with one attached hydrogen (secondary N) is 1. The maximum atomic E-state index is 12.1. The van der Waals surface area contributed by atoms with Crippen LogP contribution in [-0.2, 0) is 10.0 Å². The Morgan fingerprint density at radius 1 is 1.47 bits per heavy atom. The van der Waals surface area contributed by atoms with Crippen molar-refractivity contribution in [3.05, 3.63) is 33.3 Å². The molecule has 0 fully saturated rings. The molecule has 1 aromatic carbocycles. The number of carbonyl (C=O) groups is 1. The summed E-state index contributed by atoms with van der Waals surface area (Å²) in [7, 11) is -1.66. The van der Waals surface area contributed by atoms with Crippen molar-refractivity contribution < 1.29 is 13.2 Å². The van der Waals surface area contributed by atoms with Crippen LogP contribution >= 0.6 is 27.5 Å². The summed E-state index contributed by atoms with van der Waals surface area (Å²) < 4.78 is 24.9. The summed E-state index contributed by atoms with van der Waals surface area (Å²) in [5, 5.41) is 0.358. The molecule has 106 valence electrons. The lowest BCUT2D eigenvalue weighted by molar-refractivity contribution is 0.0798. The van der Waals surface area contributed by atoms with Gasteiger partial charge in [-0.05, 0) is 18.2 Å². The molecule has 0 radical (unpaired) electrons. The van der Waals surface area contributed by atoms with Gasteiger partial charge in [-0.3, -0.25) is 4.79 Å². The first kappa shape index (κ1) is 16.4. The van der Waals surface area contributed by atoms with Crippen molar-refractivity contribution in [1.82, 2.24) is 9.62 Å². The van der Waals surface area contributed by atoms with E-state index in [1.807, 2.05) is 0 Å². The highest BCUT2D eigenvalue weighted by Crippen LogP contribution is 2.22. The Morgan fingerprint density at radius 2 is 2.11 bits per heavy atom. The highest BCUT2D eigenvalue weighted by molar-refractivity contribution is 9.10. The fourth-order valence-electron chi connectivity index (χ4n) is 1.37. The van der Waals surface area contributed by atoms with E-state index in [0.29, 0.717) is 10.6 Å². The topological polar surface area (TPSA) is 66.5 Å². The number of halogens is 2. The second-order valence-corrected chi connectivity index (χ2v) is 7.17. The fraction of sp³-hybridized carbons (Fsp3) is 0.364. The second-order valence-electron chi connectivity index (χ2n) is 4.02. The minimum atomic E-state index is -3.25. The molecule has 1 aromatic rings. The second kappa shape index (κ2) is 6.69. The molecule has 0 aliphatic heterocycles. The molecule has 0 aliphatic carbocycles. The molecule has 5 nitrogen and oxygen atoms in total. The summed E-state index contributed by atoms with van der Waals surface area (Å²) in [6.45, 7) is 0.418. The van der Waals surface area contributed by atoms with Crippen LogP contribution in [0.3, 0.4) is 0 Å². The molecule has 0 atom stereocenters. The van der Waals surface area contributed by atoms with E-state index in [2.05, 4.69) is 20.7 Å². The van der Waals surface area contributed by atoms with Crippen molar-refractivity contribution in [2.24, 2.45) is 0 Å². The molecule has 1 amide bonds. The van der Waals surface area contributed by atoms with Crippen molar-refractivity contribution in [2.75, 3.05) is 26.4 Å². The van der Waals surface area contributed by atoms with Gasteiger partial charge in [0, 0.05) is 24.6 Å². The molecule has 1 N–H and O–H groups in total. The van der Waals surface area contributed by atoms with Gasteiger partial charge in [-0.25, -0.2) is 13.1 Å². The van der Waals surface area contributed by atoms with Crippen LogP contribution < -0.4 is 4.72 Å². The molecule has 0 unspecified atom stereocenters. The van der Waals surface area contributed by atoms with Crippen molar-refractivity contribution in [3.8, 4) is 0 Å². The summed E-state index contributed by atoms with van der Waals surface area (Å²) in [4.78, 5) is 13.5. The van der Waals surface area contributed by atoms with Gasteiger partial charge in [0.05, 0.1) is 16.8 Å². The summed E-state index contributed by atoms with van der Waals surface area (Å²) in [6, 6.07) is 5.00. The Morgan fingerprint density at radius 3 is 2.68 bits per heavy atom. The van der Waals surface area contributed by atoms with Gasteiger partial charge < -0.3 is 4.90 Å². The van der Waals surface area contributed by atoms with Crippen LogP contribution in [0.15, 0.2) is 22.7 Å². The average Bonchev–Trinajstić information content (AvgIpc) is 2.29. The Labute approximate surface area is 126 Å². The van der Waals surface area contributed by atoms with E-state index >= 15 is 0 Å². The third-order valence-corrected chi connectivity index (χ3v) is 3.87. The fourth-order valence-corrected chi connectivity index (χ4v) is 2.39. The smallest absolute Gasteiger partial charge is 0.255 e. The predicted octanol–water partition coefficient (Wildman–Crippen LogP) is 1.72. The van der Waals surface area contributed by atoms with E-state index in [4.69, 9.17) is 11.6 Å². The zero-order valence-electron chi connectivity index (χ0n) is 10.5. The van der Waals surface area contributed by atoms with E-state index in [1.165, 1.54) is 4.90 Å². The summed E-state index contributed by atoms with van der Waals surface area (Å²) in [6.07, 6.45) is 1.07. The Hall–Kier alpha value is -0.630. The molecule has 19 heavy (non-hydrogen) atoms. The Balaban J connectivity index is 2.69. The molecule has 8 heteroatoms. The number of likely N-dealkylation sites (N-methyl/N-ethyl adjacent to an activating group) is 1. The molecule has 0 aliphatic rings. The van der Waals surface area contributed by atoms with Gasteiger partial charge >= 0.3 is 0 Å². The number of amides is 1. The van der Waals surface area contributed by atoms with Crippen LogP contribution in [0.5, 0.6) is 0 Å². The highest BCUT2D eigenvalue weighted by Gasteiger charge is 2.15. The molecule has 0 heterocycles. The summed E-state index contributed by atoms with van der Waals surface area (Å²) in [5.74, 6) is -0.262. The SMILES string of the molecule is CN(CCNS(C)(=O)=O)C(=O)c1cc(Br)ccc1Cl. The van der Waals surface area contributed by atoms with Crippen LogP contribution in [0.2, 0.25) is 5.02 Å². The summed E-state index contributed by atoms with van der Waals surface area (Å²) >= 11 is 9.23. The molecule has 0 saturated heterocycles. The first-order valence-electron chi connectivity index (χ1n) is 5.36. The quantitative estimate of drug-likeness (QED) is 0.859. The van der Waals surface area contributed by atoms with E-state index in [1.54, 1.807) is 25.2 Å². The normalized spacial score (nSPS) is 11.4. The maximum Gasteiger partial charge on any atom is 0.255 e. The van der Waals surface area contributed by atoms with Crippen LogP contribution in [0, 0.1) is 0 Å². The molecule has 0 bridgehead atoms.